The number of hydrogen-bond acceptors (Lipinski definition) is 3. The van der Waals surface area contributed by atoms with Crippen LogP contribution in [0, 0.1) is 0 Å². The molecular weight excluding hydrogens is 236 g/mol. The topological polar surface area (TPSA) is 54.4 Å². The number of sulfone groups is 1. The van der Waals surface area contributed by atoms with Crippen LogP contribution in [0.5, 0.6) is 0 Å². The van der Waals surface area contributed by atoms with Crippen molar-refractivity contribution in [3.8, 4) is 0 Å². The van der Waals surface area contributed by atoms with Gasteiger partial charge in [-0.05, 0) is 25.8 Å². The minimum Gasteiger partial charge on any atom is -0.396 e. The Kier molecular flexibility index (Phi) is 5.15. The fourth-order valence-corrected chi connectivity index (χ4v) is 2.72. The first-order valence-electron chi connectivity index (χ1n) is 5.84. The van der Waals surface area contributed by atoms with E-state index in [4.69, 9.17) is 0 Å². The van der Waals surface area contributed by atoms with E-state index >= 15 is 0 Å². The number of hydrogen-bond donors (Lipinski definition) is 1. The summed E-state index contributed by atoms with van der Waals surface area (Å²) in [6, 6.07) is 9.54. The number of rotatable bonds is 6. The van der Waals surface area contributed by atoms with Crippen LogP contribution in [0.15, 0.2) is 30.3 Å². The first-order chi connectivity index (χ1) is 7.97. The van der Waals surface area contributed by atoms with Crippen LogP contribution in [0.4, 0.5) is 0 Å². The molecule has 0 fully saturated rings. The van der Waals surface area contributed by atoms with Crippen LogP contribution in [-0.4, -0.2) is 31.1 Å². The lowest BCUT2D eigenvalue weighted by molar-refractivity contribution is 0.262. The third-order valence-corrected chi connectivity index (χ3v) is 5.20. The van der Waals surface area contributed by atoms with Gasteiger partial charge < -0.3 is 5.11 Å². The summed E-state index contributed by atoms with van der Waals surface area (Å²) in [6.07, 6.45) is 0.473. The van der Waals surface area contributed by atoms with Crippen LogP contribution >= 0.6 is 0 Å². The van der Waals surface area contributed by atoms with Crippen molar-refractivity contribution in [3.05, 3.63) is 35.9 Å². The summed E-state index contributed by atoms with van der Waals surface area (Å²) >= 11 is 0. The summed E-state index contributed by atoms with van der Waals surface area (Å²) in [5.74, 6) is 0.0369. The second-order valence-electron chi connectivity index (χ2n) is 4.49. The maximum atomic E-state index is 11.7. The number of aliphatic hydroxyl groups excluding tert-OH is 1. The van der Waals surface area contributed by atoms with E-state index in [0.29, 0.717) is 6.42 Å². The van der Waals surface area contributed by atoms with E-state index in [1.807, 2.05) is 30.3 Å². The Labute approximate surface area is 103 Å². The molecule has 0 heterocycles. The van der Waals surface area contributed by atoms with Gasteiger partial charge in [0.05, 0.1) is 11.0 Å². The molecule has 0 aliphatic heterocycles. The minimum atomic E-state index is -3.02. The smallest absolute Gasteiger partial charge is 0.152 e. The maximum Gasteiger partial charge on any atom is 0.152 e. The summed E-state index contributed by atoms with van der Waals surface area (Å²) in [7, 11) is -3.02. The molecule has 1 N–H and O–H groups in total. The van der Waals surface area contributed by atoms with Crippen LogP contribution in [0.2, 0.25) is 0 Å². The van der Waals surface area contributed by atoms with E-state index in [1.54, 1.807) is 13.8 Å². The third-order valence-electron chi connectivity index (χ3n) is 2.96. The van der Waals surface area contributed by atoms with Crippen LogP contribution in [0.3, 0.4) is 0 Å². The predicted octanol–water partition coefficient (Wildman–Crippen LogP) is 1.98. The highest BCUT2D eigenvalue weighted by atomic mass is 32.2. The Morgan fingerprint density at radius 1 is 1.18 bits per heavy atom. The second kappa shape index (κ2) is 6.17. The standard InChI is InChI=1S/C13H20O3S/c1-11(2)17(15,16)9-8-13(10-14)12-6-4-3-5-7-12/h3-7,11,13-14H,8-10H2,1-2H3. The molecule has 0 aliphatic rings. The van der Waals surface area contributed by atoms with Gasteiger partial charge in [-0.1, -0.05) is 30.3 Å². The summed E-state index contributed by atoms with van der Waals surface area (Å²) in [5.41, 5.74) is 0.994. The second-order valence-corrected chi connectivity index (χ2v) is 7.17. The number of aliphatic hydroxyl groups is 1. The monoisotopic (exact) mass is 256 g/mol. The van der Waals surface area contributed by atoms with Crippen LogP contribution < -0.4 is 0 Å². The van der Waals surface area contributed by atoms with Crippen molar-refractivity contribution >= 4 is 9.84 Å². The molecular formula is C13H20O3S. The van der Waals surface area contributed by atoms with Crippen molar-refractivity contribution < 1.29 is 13.5 Å². The van der Waals surface area contributed by atoms with Gasteiger partial charge in [-0.2, -0.15) is 0 Å². The van der Waals surface area contributed by atoms with Crippen LogP contribution in [0.25, 0.3) is 0 Å². The average Bonchev–Trinajstić information content (AvgIpc) is 2.31. The Morgan fingerprint density at radius 3 is 2.24 bits per heavy atom. The Balaban J connectivity index is 2.67. The molecule has 0 saturated carbocycles. The van der Waals surface area contributed by atoms with Gasteiger partial charge in [0, 0.05) is 12.5 Å². The van der Waals surface area contributed by atoms with E-state index in [0.717, 1.165) is 5.56 Å². The molecule has 0 amide bonds. The fourth-order valence-electron chi connectivity index (χ4n) is 1.63. The maximum absolute atomic E-state index is 11.7. The van der Waals surface area contributed by atoms with Gasteiger partial charge in [0.25, 0.3) is 0 Å². The van der Waals surface area contributed by atoms with Crippen molar-refractivity contribution in [2.75, 3.05) is 12.4 Å². The number of benzene rings is 1. The first-order valence-corrected chi connectivity index (χ1v) is 7.56. The Morgan fingerprint density at radius 2 is 1.76 bits per heavy atom. The van der Waals surface area contributed by atoms with Crippen LogP contribution in [-0.2, 0) is 9.84 Å². The zero-order valence-electron chi connectivity index (χ0n) is 10.3. The highest BCUT2D eigenvalue weighted by Crippen LogP contribution is 2.20. The van der Waals surface area contributed by atoms with Crippen molar-refractivity contribution in [3.63, 3.8) is 0 Å². The highest BCUT2D eigenvalue weighted by Gasteiger charge is 2.19. The summed E-state index contributed by atoms with van der Waals surface area (Å²) in [5, 5.41) is 8.97. The third kappa shape index (κ3) is 4.13. The Bertz CT molecular complexity index is 423. The molecule has 0 aliphatic carbocycles. The van der Waals surface area contributed by atoms with E-state index < -0.39 is 9.84 Å². The molecule has 1 atom stereocenters. The summed E-state index contributed by atoms with van der Waals surface area (Å²) < 4.78 is 23.4. The lowest BCUT2D eigenvalue weighted by atomic mass is 9.98. The molecule has 0 spiro atoms. The Hall–Kier alpha value is -0.870. The van der Waals surface area contributed by atoms with Gasteiger partial charge in [0.1, 0.15) is 0 Å². The average molecular weight is 256 g/mol. The lowest BCUT2D eigenvalue weighted by Crippen LogP contribution is -2.20. The molecule has 96 valence electrons. The molecule has 1 unspecified atom stereocenters. The first kappa shape index (κ1) is 14.2. The molecule has 1 aromatic carbocycles. The van der Waals surface area contributed by atoms with Gasteiger partial charge in [-0.25, -0.2) is 8.42 Å². The molecule has 17 heavy (non-hydrogen) atoms. The predicted molar refractivity (Wildman–Crippen MR) is 69.8 cm³/mol. The molecule has 0 aromatic heterocycles. The molecule has 0 radical (unpaired) electrons. The molecule has 0 saturated heterocycles. The van der Waals surface area contributed by atoms with Crippen molar-refractivity contribution in [2.24, 2.45) is 0 Å². The van der Waals surface area contributed by atoms with Gasteiger partial charge in [0.15, 0.2) is 9.84 Å². The highest BCUT2D eigenvalue weighted by molar-refractivity contribution is 7.91. The largest absolute Gasteiger partial charge is 0.396 e. The molecule has 4 heteroatoms. The van der Waals surface area contributed by atoms with E-state index in [2.05, 4.69) is 0 Å². The van der Waals surface area contributed by atoms with Crippen LogP contribution in [0.1, 0.15) is 31.7 Å². The molecule has 0 bridgehead atoms. The van der Waals surface area contributed by atoms with Crippen molar-refractivity contribution in [2.45, 2.75) is 31.4 Å². The van der Waals surface area contributed by atoms with E-state index in [9.17, 15) is 13.5 Å². The summed E-state index contributed by atoms with van der Waals surface area (Å²) in [6.45, 7) is 3.36. The van der Waals surface area contributed by atoms with Crippen molar-refractivity contribution in [1.29, 1.82) is 0 Å². The quantitative estimate of drug-likeness (QED) is 0.846. The molecule has 3 nitrogen and oxygen atoms in total. The SMILES string of the molecule is CC(C)S(=O)(=O)CCC(CO)c1ccccc1. The fraction of sp³-hybridized carbons (Fsp3) is 0.538. The molecule has 1 rings (SSSR count). The zero-order valence-corrected chi connectivity index (χ0v) is 11.2. The minimum absolute atomic E-state index is 0.0162. The van der Waals surface area contributed by atoms with Gasteiger partial charge >= 0.3 is 0 Å². The van der Waals surface area contributed by atoms with E-state index in [1.165, 1.54) is 0 Å². The lowest BCUT2D eigenvalue weighted by Gasteiger charge is -2.15. The normalized spacial score (nSPS) is 13.9. The van der Waals surface area contributed by atoms with Gasteiger partial charge in [0.2, 0.25) is 0 Å². The zero-order chi connectivity index (χ0) is 12.9. The van der Waals surface area contributed by atoms with Gasteiger partial charge in [-0.15, -0.1) is 0 Å². The van der Waals surface area contributed by atoms with Gasteiger partial charge in [-0.3, -0.25) is 0 Å². The van der Waals surface area contributed by atoms with E-state index in [-0.39, 0.29) is 23.5 Å². The summed E-state index contributed by atoms with van der Waals surface area (Å²) in [4.78, 5) is 0. The van der Waals surface area contributed by atoms with Crippen molar-refractivity contribution in [1.82, 2.24) is 0 Å². The molecule has 1 aromatic rings.